The topological polar surface area (TPSA) is 74.6 Å². The summed E-state index contributed by atoms with van der Waals surface area (Å²) < 4.78 is 0. The predicted molar refractivity (Wildman–Crippen MR) is 93.9 cm³/mol. The Kier molecular flexibility index (Phi) is 6.17. The van der Waals surface area contributed by atoms with Crippen molar-refractivity contribution in [1.29, 1.82) is 0 Å². The zero-order valence-electron chi connectivity index (χ0n) is 13.7. The molecule has 0 saturated heterocycles. The Morgan fingerprint density at radius 1 is 1.21 bits per heavy atom. The van der Waals surface area contributed by atoms with Crippen LogP contribution in [0.25, 0.3) is 0 Å². The Bertz CT molecular complexity index is 755. The number of rotatable bonds is 2. The fourth-order valence-electron chi connectivity index (χ4n) is 2.42. The van der Waals surface area contributed by atoms with Crippen LogP contribution >= 0.6 is 11.8 Å². The second-order valence-corrected chi connectivity index (χ2v) is 6.53. The van der Waals surface area contributed by atoms with E-state index in [1.165, 1.54) is 0 Å². The summed E-state index contributed by atoms with van der Waals surface area (Å²) in [4.78, 5) is 25.4. The van der Waals surface area contributed by atoms with Gasteiger partial charge in [0.2, 0.25) is 0 Å². The molecular weight excluding hydrogens is 324 g/mol. The van der Waals surface area contributed by atoms with Crippen LogP contribution in [0.5, 0.6) is 0 Å². The number of benzene rings is 2. The van der Waals surface area contributed by atoms with Gasteiger partial charge < -0.3 is 10.2 Å². The molecule has 1 atom stereocenters. The van der Waals surface area contributed by atoms with Gasteiger partial charge in [0.25, 0.3) is 0 Å². The third kappa shape index (κ3) is 4.04. The summed E-state index contributed by atoms with van der Waals surface area (Å²) in [7, 11) is 0. The molecule has 2 aromatic carbocycles. The van der Waals surface area contributed by atoms with Gasteiger partial charge in [0.1, 0.15) is 0 Å². The highest BCUT2D eigenvalue weighted by Gasteiger charge is 2.22. The highest BCUT2D eigenvalue weighted by Crippen LogP contribution is 2.38. The minimum Gasteiger partial charge on any atom is -0.481 e. The normalized spacial score (nSPS) is 13.7. The van der Waals surface area contributed by atoms with Crippen LogP contribution in [0.15, 0.2) is 52.3 Å². The van der Waals surface area contributed by atoms with E-state index >= 15 is 0 Å². The molecule has 0 bridgehead atoms. The Balaban J connectivity index is 0.000000647. The second-order valence-electron chi connectivity index (χ2n) is 5.44. The van der Waals surface area contributed by atoms with Gasteiger partial charge in [-0.3, -0.25) is 9.59 Å². The molecule has 126 valence electrons. The highest BCUT2D eigenvalue weighted by atomic mass is 32.2. The molecule has 0 aromatic heterocycles. The van der Waals surface area contributed by atoms with Crippen LogP contribution < -0.4 is 0 Å². The van der Waals surface area contributed by atoms with E-state index in [4.69, 9.17) is 10.2 Å². The molecule has 2 aromatic rings. The Morgan fingerprint density at radius 3 is 2.54 bits per heavy atom. The summed E-state index contributed by atoms with van der Waals surface area (Å²) in [6, 6.07) is 13.2. The van der Waals surface area contributed by atoms with Crippen LogP contribution in [0.2, 0.25) is 0 Å². The fraction of sp³-hybridized carbons (Fsp3) is 0.263. The standard InChI is InChI=1S/C17H14O3S.C2H6O/c1-10(17(19)20)11-6-7-15-12(8-11)9-14(18)13-4-2-3-5-16(13)21-15;1-2-3/h2-8,10H,9H2,1H3,(H,19,20);3H,2H2,1H3. The van der Waals surface area contributed by atoms with Gasteiger partial charge >= 0.3 is 5.97 Å². The number of carboxylic acids is 1. The molecule has 1 heterocycles. The summed E-state index contributed by atoms with van der Waals surface area (Å²) in [5, 5.41) is 16.7. The van der Waals surface area contributed by atoms with Crippen molar-refractivity contribution in [2.75, 3.05) is 6.61 Å². The fourth-order valence-corrected chi connectivity index (χ4v) is 3.50. The van der Waals surface area contributed by atoms with Crippen molar-refractivity contribution in [3.63, 3.8) is 0 Å². The maximum atomic E-state index is 12.4. The van der Waals surface area contributed by atoms with E-state index in [9.17, 15) is 9.59 Å². The van der Waals surface area contributed by atoms with Crippen LogP contribution in [0, 0.1) is 0 Å². The number of ketones is 1. The minimum absolute atomic E-state index is 0.0805. The summed E-state index contributed by atoms with van der Waals surface area (Å²) in [6.07, 6.45) is 0.319. The number of carbonyl (C=O) groups excluding carboxylic acids is 1. The van der Waals surface area contributed by atoms with Gasteiger partial charge in [-0.15, -0.1) is 0 Å². The van der Waals surface area contributed by atoms with Gasteiger partial charge in [-0.2, -0.15) is 0 Å². The molecule has 1 unspecified atom stereocenters. The van der Waals surface area contributed by atoms with Gasteiger partial charge in [0, 0.05) is 28.4 Å². The molecule has 0 fully saturated rings. The summed E-state index contributed by atoms with van der Waals surface area (Å²) in [5.74, 6) is -1.34. The van der Waals surface area contributed by atoms with Crippen molar-refractivity contribution in [3.05, 3.63) is 59.2 Å². The van der Waals surface area contributed by atoms with Gasteiger partial charge in [0.05, 0.1) is 5.92 Å². The molecule has 0 amide bonds. The van der Waals surface area contributed by atoms with Crippen molar-refractivity contribution < 1.29 is 19.8 Å². The van der Waals surface area contributed by atoms with Gasteiger partial charge in [-0.1, -0.05) is 42.1 Å². The number of aliphatic hydroxyl groups is 1. The number of fused-ring (bicyclic) bond motifs is 2. The lowest BCUT2D eigenvalue weighted by atomic mass is 9.96. The highest BCUT2D eigenvalue weighted by molar-refractivity contribution is 7.99. The molecular formula is C19H20O4S. The lowest BCUT2D eigenvalue weighted by Crippen LogP contribution is -2.09. The van der Waals surface area contributed by atoms with E-state index in [1.54, 1.807) is 25.6 Å². The first-order chi connectivity index (χ1) is 11.5. The first kappa shape index (κ1) is 18.2. The SMILES string of the molecule is CC(C(=O)O)c1ccc2c(c1)CC(=O)c1ccccc1S2.CCO. The third-order valence-electron chi connectivity index (χ3n) is 3.71. The van der Waals surface area contributed by atoms with Crippen molar-refractivity contribution in [1.82, 2.24) is 0 Å². The molecule has 1 aliphatic rings. The van der Waals surface area contributed by atoms with Crippen LogP contribution in [-0.4, -0.2) is 28.6 Å². The Labute approximate surface area is 145 Å². The monoisotopic (exact) mass is 344 g/mol. The summed E-state index contributed by atoms with van der Waals surface area (Å²) >= 11 is 1.57. The van der Waals surface area contributed by atoms with E-state index in [0.717, 1.165) is 26.5 Å². The van der Waals surface area contributed by atoms with Crippen molar-refractivity contribution in [2.45, 2.75) is 36.0 Å². The number of Topliss-reactive ketones (excluding diaryl/α,β-unsaturated/α-hetero) is 1. The molecule has 3 rings (SSSR count). The molecule has 0 aliphatic carbocycles. The van der Waals surface area contributed by atoms with E-state index in [2.05, 4.69) is 0 Å². The Hall–Kier alpha value is -2.11. The molecule has 4 nitrogen and oxygen atoms in total. The second kappa shape index (κ2) is 8.13. The van der Waals surface area contributed by atoms with Crippen LogP contribution in [-0.2, 0) is 11.2 Å². The smallest absolute Gasteiger partial charge is 0.310 e. The van der Waals surface area contributed by atoms with E-state index in [1.807, 2.05) is 42.5 Å². The summed E-state index contributed by atoms with van der Waals surface area (Å²) in [6.45, 7) is 3.59. The van der Waals surface area contributed by atoms with Crippen molar-refractivity contribution in [3.8, 4) is 0 Å². The molecule has 24 heavy (non-hydrogen) atoms. The van der Waals surface area contributed by atoms with Gasteiger partial charge in [-0.05, 0) is 37.1 Å². The number of aliphatic carboxylic acids is 1. The number of carbonyl (C=O) groups is 2. The zero-order chi connectivity index (χ0) is 17.7. The molecule has 2 N–H and O–H groups in total. The average molecular weight is 344 g/mol. The van der Waals surface area contributed by atoms with Crippen LogP contribution in [0.1, 0.15) is 41.3 Å². The maximum absolute atomic E-state index is 12.4. The third-order valence-corrected chi connectivity index (χ3v) is 4.91. The van der Waals surface area contributed by atoms with Crippen molar-refractivity contribution in [2.24, 2.45) is 0 Å². The van der Waals surface area contributed by atoms with E-state index in [0.29, 0.717) is 6.42 Å². The van der Waals surface area contributed by atoms with Gasteiger partial charge in [0.15, 0.2) is 5.78 Å². The Morgan fingerprint density at radius 2 is 1.88 bits per heavy atom. The zero-order valence-corrected chi connectivity index (χ0v) is 14.5. The number of aliphatic hydroxyl groups excluding tert-OH is 1. The maximum Gasteiger partial charge on any atom is 0.310 e. The first-order valence-electron chi connectivity index (χ1n) is 7.74. The molecule has 5 heteroatoms. The number of carboxylic acid groups (broad SMARTS) is 1. The predicted octanol–water partition coefficient (Wildman–Crippen LogP) is 3.76. The summed E-state index contributed by atoms with van der Waals surface area (Å²) in [5.41, 5.74) is 2.39. The lowest BCUT2D eigenvalue weighted by molar-refractivity contribution is -0.138. The van der Waals surface area contributed by atoms with Gasteiger partial charge in [-0.25, -0.2) is 0 Å². The largest absolute Gasteiger partial charge is 0.481 e. The molecule has 0 saturated carbocycles. The molecule has 1 aliphatic heterocycles. The first-order valence-corrected chi connectivity index (χ1v) is 8.56. The quantitative estimate of drug-likeness (QED) is 0.867. The average Bonchev–Trinajstić information content (AvgIpc) is 2.70. The lowest BCUT2D eigenvalue weighted by Gasteiger charge is -2.11. The van der Waals surface area contributed by atoms with E-state index in [-0.39, 0.29) is 12.4 Å². The number of hydrogen-bond donors (Lipinski definition) is 2. The van der Waals surface area contributed by atoms with E-state index < -0.39 is 11.9 Å². The van der Waals surface area contributed by atoms with Crippen LogP contribution in [0.3, 0.4) is 0 Å². The van der Waals surface area contributed by atoms with Crippen molar-refractivity contribution >= 4 is 23.5 Å². The van der Waals surface area contributed by atoms with Crippen LogP contribution in [0.4, 0.5) is 0 Å². The number of hydrogen-bond acceptors (Lipinski definition) is 4. The molecule has 0 spiro atoms. The minimum atomic E-state index is -0.856. The molecule has 0 radical (unpaired) electrons.